The standard InChI is InChI=1S/C12H14ClN3O2S2/c1-2-10(12-15-6-7-19-12)16-20(17,18)11-8(13)4-3-5-9(11)14/h3-7,10,16H,2,14H2,1H3. The van der Waals surface area contributed by atoms with Gasteiger partial charge >= 0.3 is 0 Å². The van der Waals surface area contributed by atoms with Gasteiger partial charge in [-0.3, -0.25) is 0 Å². The molecule has 0 spiro atoms. The van der Waals surface area contributed by atoms with E-state index >= 15 is 0 Å². The molecule has 0 saturated carbocycles. The van der Waals surface area contributed by atoms with Crippen molar-refractivity contribution in [1.82, 2.24) is 9.71 Å². The van der Waals surface area contributed by atoms with Gasteiger partial charge in [-0.15, -0.1) is 11.3 Å². The Hall–Kier alpha value is -1.15. The lowest BCUT2D eigenvalue weighted by molar-refractivity contribution is 0.549. The summed E-state index contributed by atoms with van der Waals surface area (Å²) >= 11 is 7.35. The number of nitrogens with zero attached hydrogens (tertiary/aromatic N) is 1. The third-order valence-electron chi connectivity index (χ3n) is 2.72. The average molecular weight is 332 g/mol. The number of nitrogens with two attached hydrogens (primary N) is 1. The van der Waals surface area contributed by atoms with E-state index in [1.54, 1.807) is 17.6 Å². The monoisotopic (exact) mass is 331 g/mol. The largest absolute Gasteiger partial charge is 0.398 e. The van der Waals surface area contributed by atoms with Crippen LogP contribution in [0.1, 0.15) is 24.4 Å². The predicted octanol–water partition coefficient (Wildman–Crippen LogP) is 2.81. The molecule has 2 aromatic rings. The smallest absolute Gasteiger partial charge is 0.244 e. The summed E-state index contributed by atoms with van der Waals surface area (Å²) in [4.78, 5) is 4.05. The minimum Gasteiger partial charge on any atom is -0.398 e. The lowest BCUT2D eigenvalue weighted by atomic mass is 10.3. The molecule has 0 fully saturated rings. The average Bonchev–Trinajstić information content (AvgIpc) is 2.89. The second-order valence-corrected chi connectivity index (χ2v) is 7.09. The van der Waals surface area contributed by atoms with Crippen molar-refractivity contribution in [1.29, 1.82) is 0 Å². The Morgan fingerprint density at radius 1 is 1.50 bits per heavy atom. The lowest BCUT2D eigenvalue weighted by Gasteiger charge is -2.16. The van der Waals surface area contributed by atoms with Gasteiger partial charge in [-0.25, -0.2) is 18.1 Å². The number of hydrogen-bond donors (Lipinski definition) is 2. The van der Waals surface area contributed by atoms with E-state index in [9.17, 15) is 8.42 Å². The first-order valence-electron chi connectivity index (χ1n) is 5.91. The molecule has 0 bridgehead atoms. The number of anilines is 1. The SMILES string of the molecule is CCC(NS(=O)(=O)c1c(N)cccc1Cl)c1nccs1. The Labute approximate surface area is 126 Å². The predicted molar refractivity (Wildman–Crippen MR) is 81.3 cm³/mol. The molecule has 2 rings (SSSR count). The Kier molecular flexibility index (Phi) is 4.64. The first-order chi connectivity index (χ1) is 9.45. The summed E-state index contributed by atoms with van der Waals surface area (Å²) in [6.45, 7) is 1.88. The van der Waals surface area contributed by atoms with Crippen LogP contribution in [0.4, 0.5) is 5.69 Å². The van der Waals surface area contributed by atoms with E-state index < -0.39 is 16.1 Å². The maximum absolute atomic E-state index is 12.4. The van der Waals surface area contributed by atoms with Crippen LogP contribution in [0.5, 0.6) is 0 Å². The van der Waals surface area contributed by atoms with E-state index in [-0.39, 0.29) is 15.6 Å². The first kappa shape index (κ1) is 15.2. The summed E-state index contributed by atoms with van der Waals surface area (Å²) < 4.78 is 27.5. The normalized spacial score (nSPS) is 13.3. The number of nitrogen functional groups attached to an aromatic ring is 1. The van der Waals surface area contributed by atoms with Crippen LogP contribution < -0.4 is 10.5 Å². The second-order valence-electron chi connectivity index (χ2n) is 4.11. The van der Waals surface area contributed by atoms with Crippen LogP contribution in [-0.4, -0.2) is 13.4 Å². The molecule has 0 saturated heterocycles. The summed E-state index contributed by atoms with van der Waals surface area (Å²) in [5.74, 6) is 0. The zero-order valence-corrected chi connectivity index (χ0v) is 13.1. The van der Waals surface area contributed by atoms with Gasteiger partial charge in [0.2, 0.25) is 10.0 Å². The van der Waals surface area contributed by atoms with E-state index in [4.69, 9.17) is 17.3 Å². The maximum atomic E-state index is 12.4. The molecule has 1 heterocycles. The molecule has 0 radical (unpaired) electrons. The molecule has 108 valence electrons. The van der Waals surface area contributed by atoms with Crippen molar-refractivity contribution in [3.63, 3.8) is 0 Å². The third kappa shape index (κ3) is 3.12. The van der Waals surface area contributed by atoms with Gasteiger partial charge in [-0.1, -0.05) is 24.6 Å². The molecule has 1 unspecified atom stereocenters. The molecular formula is C12H14ClN3O2S2. The number of rotatable bonds is 5. The fraction of sp³-hybridized carbons (Fsp3) is 0.250. The van der Waals surface area contributed by atoms with Crippen LogP contribution in [0.3, 0.4) is 0 Å². The number of benzene rings is 1. The van der Waals surface area contributed by atoms with Crippen molar-refractivity contribution in [2.75, 3.05) is 5.73 Å². The van der Waals surface area contributed by atoms with Crippen molar-refractivity contribution < 1.29 is 8.42 Å². The van der Waals surface area contributed by atoms with E-state index in [2.05, 4.69) is 9.71 Å². The van der Waals surface area contributed by atoms with Gasteiger partial charge in [0.05, 0.1) is 16.8 Å². The minimum atomic E-state index is -3.80. The van der Waals surface area contributed by atoms with E-state index in [0.717, 1.165) is 0 Å². The number of aromatic nitrogens is 1. The van der Waals surface area contributed by atoms with Crippen molar-refractivity contribution in [2.45, 2.75) is 24.3 Å². The molecule has 20 heavy (non-hydrogen) atoms. The number of hydrogen-bond acceptors (Lipinski definition) is 5. The fourth-order valence-corrected chi connectivity index (χ4v) is 4.58. The second kappa shape index (κ2) is 6.09. The Bertz CT molecular complexity index is 666. The van der Waals surface area contributed by atoms with Gasteiger partial charge in [-0.2, -0.15) is 0 Å². The van der Waals surface area contributed by atoms with E-state index in [1.807, 2.05) is 6.92 Å². The highest BCUT2D eigenvalue weighted by molar-refractivity contribution is 7.89. The Balaban J connectivity index is 2.36. The lowest BCUT2D eigenvalue weighted by Crippen LogP contribution is -2.29. The quantitative estimate of drug-likeness (QED) is 0.825. The highest BCUT2D eigenvalue weighted by Gasteiger charge is 2.25. The molecule has 3 N–H and O–H groups in total. The number of nitrogens with one attached hydrogen (secondary N) is 1. The molecule has 0 aliphatic heterocycles. The zero-order chi connectivity index (χ0) is 14.8. The third-order valence-corrected chi connectivity index (χ3v) is 5.63. The van der Waals surface area contributed by atoms with Crippen molar-refractivity contribution in [3.8, 4) is 0 Å². The van der Waals surface area contributed by atoms with Gasteiger partial charge in [-0.05, 0) is 18.6 Å². The maximum Gasteiger partial charge on any atom is 0.244 e. The van der Waals surface area contributed by atoms with Gasteiger partial charge in [0.25, 0.3) is 0 Å². The summed E-state index contributed by atoms with van der Waals surface area (Å²) in [6.07, 6.45) is 2.22. The molecule has 8 heteroatoms. The topological polar surface area (TPSA) is 85.1 Å². The molecule has 0 aliphatic rings. The Morgan fingerprint density at radius 2 is 2.25 bits per heavy atom. The summed E-state index contributed by atoms with van der Waals surface area (Å²) in [6, 6.07) is 4.21. The highest BCUT2D eigenvalue weighted by atomic mass is 35.5. The fourth-order valence-electron chi connectivity index (χ4n) is 1.77. The summed E-state index contributed by atoms with van der Waals surface area (Å²) in [7, 11) is -3.80. The molecule has 1 atom stereocenters. The van der Waals surface area contributed by atoms with E-state index in [1.165, 1.54) is 23.5 Å². The summed E-state index contributed by atoms with van der Waals surface area (Å²) in [5.41, 5.74) is 5.85. The molecule has 0 aliphatic carbocycles. The van der Waals surface area contributed by atoms with Crippen molar-refractivity contribution >= 4 is 38.6 Å². The van der Waals surface area contributed by atoms with Crippen LogP contribution in [0, 0.1) is 0 Å². The summed E-state index contributed by atoms with van der Waals surface area (Å²) in [5, 5.41) is 2.61. The van der Waals surface area contributed by atoms with Gasteiger partial charge < -0.3 is 5.73 Å². The van der Waals surface area contributed by atoms with Crippen LogP contribution in [0.2, 0.25) is 5.02 Å². The Morgan fingerprint density at radius 3 is 2.80 bits per heavy atom. The molecular weight excluding hydrogens is 318 g/mol. The van der Waals surface area contributed by atoms with Crippen molar-refractivity contribution in [2.24, 2.45) is 0 Å². The number of sulfonamides is 1. The molecule has 5 nitrogen and oxygen atoms in total. The minimum absolute atomic E-state index is 0.0864. The first-order valence-corrected chi connectivity index (χ1v) is 8.65. The van der Waals surface area contributed by atoms with E-state index in [0.29, 0.717) is 11.4 Å². The van der Waals surface area contributed by atoms with Crippen LogP contribution in [-0.2, 0) is 10.0 Å². The van der Waals surface area contributed by atoms with Gasteiger partial charge in [0.15, 0.2) is 0 Å². The van der Waals surface area contributed by atoms with Gasteiger partial charge in [0.1, 0.15) is 9.90 Å². The number of thiazole rings is 1. The zero-order valence-electron chi connectivity index (χ0n) is 10.7. The molecule has 1 aromatic heterocycles. The molecule has 0 amide bonds. The number of halogens is 1. The molecule has 1 aromatic carbocycles. The van der Waals surface area contributed by atoms with Crippen molar-refractivity contribution in [3.05, 3.63) is 39.8 Å². The highest BCUT2D eigenvalue weighted by Crippen LogP contribution is 2.29. The van der Waals surface area contributed by atoms with Crippen LogP contribution >= 0.6 is 22.9 Å². The van der Waals surface area contributed by atoms with Crippen LogP contribution in [0.25, 0.3) is 0 Å². The van der Waals surface area contributed by atoms with Crippen LogP contribution in [0.15, 0.2) is 34.7 Å². The van der Waals surface area contributed by atoms with Gasteiger partial charge in [0, 0.05) is 11.6 Å².